The number of fused-ring (bicyclic) bond motifs is 1. The third kappa shape index (κ3) is 3.05. The van der Waals surface area contributed by atoms with Gasteiger partial charge in [0.25, 0.3) is 0 Å². The van der Waals surface area contributed by atoms with Crippen molar-refractivity contribution in [1.82, 2.24) is 19.9 Å². The largest absolute Gasteiger partial charge is 0.345 e. The van der Waals surface area contributed by atoms with Gasteiger partial charge in [0, 0.05) is 30.8 Å². The molecule has 1 N–H and O–H groups in total. The molecule has 1 saturated carbocycles. The van der Waals surface area contributed by atoms with E-state index >= 15 is 0 Å². The van der Waals surface area contributed by atoms with Crippen LogP contribution in [0.4, 0.5) is 4.39 Å². The van der Waals surface area contributed by atoms with Gasteiger partial charge in [0.2, 0.25) is 5.91 Å². The molecule has 2 aliphatic rings. The van der Waals surface area contributed by atoms with Crippen LogP contribution in [-0.2, 0) is 11.2 Å². The molecule has 5 nitrogen and oxygen atoms in total. The summed E-state index contributed by atoms with van der Waals surface area (Å²) in [7, 11) is 0. The van der Waals surface area contributed by atoms with Crippen molar-refractivity contribution >= 4 is 17.1 Å². The fourth-order valence-electron chi connectivity index (χ4n) is 3.87. The van der Waals surface area contributed by atoms with Crippen molar-refractivity contribution in [3.63, 3.8) is 0 Å². The molecule has 0 radical (unpaired) electrons. The molecule has 25 heavy (non-hydrogen) atoms. The first-order valence-corrected chi connectivity index (χ1v) is 8.91. The lowest BCUT2D eigenvalue weighted by Crippen LogP contribution is -2.37. The molecule has 1 aliphatic carbocycles. The standard InChI is InChI=1S/C19H23FN4O/c1-3-16(25)24-6-4-12(5-7-24)8-13-10-21-18-17(23-13)14(11-22-18)15-9-19(15,2)20/h3,10-12,15H,1,4-9H2,2H3,(H,21,22)/t15-,19?/m1/s1. The molecule has 1 unspecified atom stereocenters. The average molecular weight is 342 g/mol. The highest BCUT2D eigenvalue weighted by molar-refractivity contribution is 5.87. The van der Waals surface area contributed by atoms with Gasteiger partial charge in [0.15, 0.2) is 5.65 Å². The highest BCUT2D eigenvalue weighted by Crippen LogP contribution is 2.55. The maximum absolute atomic E-state index is 14.1. The minimum absolute atomic E-state index is 0.00957. The summed E-state index contributed by atoms with van der Waals surface area (Å²) in [6.45, 7) is 6.72. The molecule has 2 aromatic rings. The number of hydrogen-bond acceptors (Lipinski definition) is 3. The minimum Gasteiger partial charge on any atom is -0.345 e. The third-order valence-electron chi connectivity index (χ3n) is 5.60. The molecule has 1 amide bonds. The Morgan fingerprint density at radius 1 is 1.52 bits per heavy atom. The van der Waals surface area contributed by atoms with Gasteiger partial charge in [-0.1, -0.05) is 6.58 Å². The van der Waals surface area contributed by atoms with E-state index in [-0.39, 0.29) is 11.8 Å². The van der Waals surface area contributed by atoms with Crippen molar-refractivity contribution in [1.29, 1.82) is 0 Å². The van der Waals surface area contributed by atoms with Gasteiger partial charge in [-0.05, 0) is 44.6 Å². The molecule has 0 bridgehead atoms. The van der Waals surface area contributed by atoms with Crippen LogP contribution in [0.3, 0.4) is 0 Å². The molecule has 6 heteroatoms. The summed E-state index contributed by atoms with van der Waals surface area (Å²) in [4.78, 5) is 25.8. The third-order valence-corrected chi connectivity index (χ3v) is 5.60. The predicted molar refractivity (Wildman–Crippen MR) is 94.0 cm³/mol. The number of nitrogens with zero attached hydrogens (tertiary/aromatic N) is 3. The second-order valence-electron chi connectivity index (χ2n) is 7.51. The first kappa shape index (κ1) is 16.2. The van der Waals surface area contributed by atoms with Gasteiger partial charge < -0.3 is 9.88 Å². The number of aromatic amines is 1. The molecule has 3 heterocycles. The summed E-state index contributed by atoms with van der Waals surface area (Å²) < 4.78 is 14.1. The van der Waals surface area contributed by atoms with E-state index in [1.165, 1.54) is 6.08 Å². The lowest BCUT2D eigenvalue weighted by molar-refractivity contribution is -0.127. The molecule has 2 aromatic heterocycles. The van der Waals surface area contributed by atoms with Crippen LogP contribution in [0, 0.1) is 5.92 Å². The van der Waals surface area contributed by atoms with Crippen LogP contribution in [0.2, 0.25) is 0 Å². The maximum Gasteiger partial charge on any atom is 0.245 e. The van der Waals surface area contributed by atoms with Crippen molar-refractivity contribution in [3.8, 4) is 0 Å². The second-order valence-corrected chi connectivity index (χ2v) is 7.51. The van der Waals surface area contributed by atoms with Gasteiger partial charge >= 0.3 is 0 Å². The van der Waals surface area contributed by atoms with E-state index in [4.69, 9.17) is 4.98 Å². The van der Waals surface area contributed by atoms with Gasteiger partial charge in [0.1, 0.15) is 11.2 Å². The number of rotatable bonds is 4. The zero-order chi connectivity index (χ0) is 17.6. The number of hydrogen-bond donors (Lipinski definition) is 1. The number of carbonyl (C=O) groups excluding carboxylic acids is 1. The fourth-order valence-corrected chi connectivity index (χ4v) is 3.87. The number of piperidine rings is 1. The highest BCUT2D eigenvalue weighted by Gasteiger charge is 2.53. The van der Waals surface area contributed by atoms with E-state index < -0.39 is 5.67 Å². The summed E-state index contributed by atoms with van der Waals surface area (Å²) in [6, 6.07) is 0. The van der Waals surface area contributed by atoms with E-state index in [9.17, 15) is 9.18 Å². The number of halogens is 1. The molecular weight excluding hydrogens is 319 g/mol. The van der Waals surface area contributed by atoms with Crippen molar-refractivity contribution in [2.75, 3.05) is 13.1 Å². The smallest absolute Gasteiger partial charge is 0.245 e. The summed E-state index contributed by atoms with van der Waals surface area (Å²) in [6.07, 6.45) is 8.37. The van der Waals surface area contributed by atoms with Crippen LogP contribution >= 0.6 is 0 Å². The Labute approximate surface area is 146 Å². The fraction of sp³-hybridized carbons (Fsp3) is 0.526. The molecule has 1 aliphatic heterocycles. The van der Waals surface area contributed by atoms with E-state index in [0.29, 0.717) is 12.3 Å². The zero-order valence-corrected chi connectivity index (χ0v) is 14.5. The topological polar surface area (TPSA) is 61.9 Å². The predicted octanol–water partition coefficient (Wildman–Crippen LogP) is 3.14. The Morgan fingerprint density at radius 2 is 2.24 bits per heavy atom. The van der Waals surface area contributed by atoms with Crippen LogP contribution in [0.5, 0.6) is 0 Å². The number of amides is 1. The van der Waals surface area contributed by atoms with Crippen LogP contribution in [-0.4, -0.2) is 44.5 Å². The monoisotopic (exact) mass is 342 g/mol. The van der Waals surface area contributed by atoms with E-state index in [2.05, 4.69) is 16.5 Å². The molecule has 2 fully saturated rings. The van der Waals surface area contributed by atoms with Crippen LogP contribution in [0.15, 0.2) is 25.0 Å². The van der Waals surface area contributed by atoms with Crippen LogP contribution < -0.4 is 0 Å². The van der Waals surface area contributed by atoms with Gasteiger partial charge in [-0.3, -0.25) is 4.79 Å². The van der Waals surface area contributed by atoms with Gasteiger partial charge in [-0.25, -0.2) is 14.4 Å². The number of aromatic nitrogens is 3. The first-order valence-electron chi connectivity index (χ1n) is 8.91. The van der Waals surface area contributed by atoms with Crippen molar-refractivity contribution in [2.24, 2.45) is 5.92 Å². The lowest BCUT2D eigenvalue weighted by Gasteiger charge is -2.31. The molecule has 1 saturated heterocycles. The minimum atomic E-state index is -1.11. The van der Waals surface area contributed by atoms with Crippen molar-refractivity contribution < 1.29 is 9.18 Å². The zero-order valence-electron chi connectivity index (χ0n) is 14.5. The number of nitrogens with one attached hydrogen (secondary N) is 1. The van der Waals surface area contributed by atoms with Crippen molar-refractivity contribution in [2.45, 2.75) is 44.2 Å². The van der Waals surface area contributed by atoms with Crippen molar-refractivity contribution in [3.05, 3.63) is 36.3 Å². The van der Waals surface area contributed by atoms with E-state index in [1.54, 1.807) is 6.92 Å². The quantitative estimate of drug-likeness (QED) is 0.868. The van der Waals surface area contributed by atoms with E-state index in [0.717, 1.165) is 54.8 Å². The Morgan fingerprint density at radius 3 is 2.88 bits per heavy atom. The van der Waals surface area contributed by atoms with Gasteiger partial charge in [-0.2, -0.15) is 0 Å². The van der Waals surface area contributed by atoms with Crippen LogP contribution in [0.1, 0.15) is 43.4 Å². The van der Waals surface area contributed by atoms with E-state index in [1.807, 2.05) is 17.3 Å². The Hall–Kier alpha value is -2.24. The van der Waals surface area contributed by atoms with Gasteiger partial charge in [-0.15, -0.1) is 0 Å². The number of carbonyl (C=O) groups is 1. The van der Waals surface area contributed by atoms with Crippen LogP contribution in [0.25, 0.3) is 11.2 Å². The first-order chi connectivity index (χ1) is 12.0. The summed E-state index contributed by atoms with van der Waals surface area (Å²) in [5, 5.41) is 0. The highest BCUT2D eigenvalue weighted by atomic mass is 19.1. The molecule has 0 spiro atoms. The Kier molecular flexibility index (Phi) is 3.85. The molecule has 2 atom stereocenters. The number of likely N-dealkylation sites (tertiary alicyclic amines) is 1. The summed E-state index contributed by atoms with van der Waals surface area (Å²) in [5.41, 5.74) is 2.32. The number of H-pyrrole nitrogens is 1. The molecule has 0 aromatic carbocycles. The Bertz CT molecular complexity index is 820. The number of alkyl halides is 1. The molecule has 4 rings (SSSR count). The normalized spacial score (nSPS) is 26.8. The SMILES string of the molecule is C=CC(=O)N1CCC(Cc2cnc3[nH]cc([C@H]4CC4(C)F)c3n2)CC1. The maximum atomic E-state index is 14.1. The summed E-state index contributed by atoms with van der Waals surface area (Å²) in [5.74, 6) is 0.435. The van der Waals surface area contributed by atoms with Gasteiger partial charge in [0.05, 0.1) is 11.9 Å². The summed E-state index contributed by atoms with van der Waals surface area (Å²) >= 11 is 0. The molecular formula is C19H23FN4O. The lowest BCUT2D eigenvalue weighted by atomic mass is 9.92. The second kappa shape index (κ2) is 5.93. The Balaban J connectivity index is 1.47. The average Bonchev–Trinajstić information content (AvgIpc) is 3.05. The molecule has 132 valence electrons.